The number of carbonyl (C=O) groups is 2. The number of methoxy groups -OCH3 is 1. The highest BCUT2D eigenvalue weighted by atomic mass is 19.1. The van der Waals surface area contributed by atoms with Gasteiger partial charge in [0.15, 0.2) is 11.6 Å². The number of benzene rings is 1. The van der Waals surface area contributed by atoms with Crippen LogP contribution in [0.25, 0.3) is 6.08 Å². The molecule has 0 radical (unpaired) electrons. The lowest BCUT2D eigenvalue weighted by molar-refractivity contribution is -0.114. The van der Waals surface area contributed by atoms with Crippen molar-refractivity contribution in [1.82, 2.24) is 0 Å². The molecule has 0 heterocycles. The van der Waals surface area contributed by atoms with Crippen LogP contribution in [0, 0.1) is 0 Å². The van der Waals surface area contributed by atoms with Crippen LogP contribution in [0.15, 0.2) is 30.1 Å². The Kier molecular flexibility index (Phi) is 3.94. The van der Waals surface area contributed by atoms with Gasteiger partial charge in [0.2, 0.25) is 0 Å². The van der Waals surface area contributed by atoms with E-state index in [1.165, 1.54) is 31.4 Å². The summed E-state index contributed by atoms with van der Waals surface area (Å²) in [6.07, 6.45) is 1.11. The molecule has 4 heteroatoms. The van der Waals surface area contributed by atoms with Gasteiger partial charge in [-0.3, -0.25) is 4.79 Å². The Balaban J connectivity index is 2.91. The van der Waals surface area contributed by atoms with Gasteiger partial charge < -0.3 is 4.74 Å². The van der Waals surface area contributed by atoms with E-state index in [0.29, 0.717) is 11.1 Å². The van der Waals surface area contributed by atoms with Crippen LogP contribution in [-0.4, -0.2) is 18.9 Å². The third-order valence-corrected chi connectivity index (χ3v) is 1.96. The third kappa shape index (κ3) is 3.02. The molecule has 3 nitrogen and oxygen atoms in total. The number of rotatable bonds is 3. The maximum Gasteiger partial charge on any atom is 0.337 e. The quantitative estimate of drug-likeness (QED) is 0.582. The average Bonchev–Trinajstić information content (AvgIpc) is 2.28. The van der Waals surface area contributed by atoms with Crippen LogP contribution < -0.4 is 0 Å². The van der Waals surface area contributed by atoms with Crippen molar-refractivity contribution >= 4 is 17.8 Å². The SMILES string of the molecule is COC(=O)c1ccc(/C=C(/F)C(C)=O)cc1. The monoisotopic (exact) mass is 222 g/mol. The van der Waals surface area contributed by atoms with Crippen molar-refractivity contribution in [2.45, 2.75) is 6.92 Å². The lowest BCUT2D eigenvalue weighted by Gasteiger charge is -1.99. The standard InChI is InChI=1S/C12H11FO3/c1-8(14)11(13)7-9-3-5-10(6-4-9)12(15)16-2/h3-7H,1-2H3/b11-7+. The number of Topliss-reactive ketones (excluding diaryl/α,β-unsaturated/α-hetero) is 1. The average molecular weight is 222 g/mol. The smallest absolute Gasteiger partial charge is 0.337 e. The summed E-state index contributed by atoms with van der Waals surface area (Å²) >= 11 is 0. The van der Waals surface area contributed by atoms with E-state index in [4.69, 9.17) is 0 Å². The van der Waals surface area contributed by atoms with Crippen LogP contribution in [0.4, 0.5) is 4.39 Å². The highest BCUT2D eigenvalue weighted by molar-refractivity contribution is 5.95. The molecule has 0 aliphatic heterocycles. The fraction of sp³-hybridized carbons (Fsp3) is 0.167. The van der Waals surface area contributed by atoms with Crippen LogP contribution in [0.3, 0.4) is 0 Å². The fourth-order valence-electron chi connectivity index (χ4n) is 1.08. The number of ether oxygens (including phenoxy) is 1. The topological polar surface area (TPSA) is 43.4 Å². The summed E-state index contributed by atoms with van der Waals surface area (Å²) in [5.74, 6) is -1.90. The molecule has 0 amide bonds. The van der Waals surface area contributed by atoms with Gasteiger partial charge in [-0.1, -0.05) is 12.1 Å². The molecular weight excluding hydrogens is 211 g/mol. The lowest BCUT2D eigenvalue weighted by Crippen LogP contribution is -2.00. The first-order valence-electron chi connectivity index (χ1n) is 4.61. The Morgan fingerprint density at radius 3 is 2.25 bits per heavy atom. The number of allylic oxidation sites excluding steroid dienone is 1. The van der Waals surface area contributed by atoms with E-state index in [9.17, 15) is 14.0 Å². The molecule has 0 aliphatic carbocycles. The summed E-state index contributed by atoms with van der Waals surface area (Å²) in [7, 11) is 1.28. The molecule has 0 aliphatic rings. The Bertz CT molecular complexity index is 432. The van der Waals surface area contributed by atoms with E-state index in [1.807, 2.05) is 0 Å². The summed E-state index contributed by atoms with van der Waals surface area (Å²) in [5.41, 5.74) is 0.892. The van der Waals surface area contributed by atoms with Gasteiger partial charge in [0.1, 0.15) is 0 Å². The summed E-state index contributed by atoms with van der Waals surface area (Å²) in [5, 5.41) is 0. The molecule has 0 spiro atoms. The molecule has 84 valence electrons. The zero-order valence-corrected chi connectivity index (χ0v) is 8.99. The van der Waals surface area contributed by atoms with Crippen molar-refractivity contribution in [3.63, 3.8) is 0 Å². The largest absolute Gasteiger partial charge is 0.465 e. The highest BCUT2D eigenvalue weighted by Crippen LogP contribution is 2.11. The number of ketones is 1. The minimum absolute atomic E-state index is 0.378. The summed E-state index contributed by atoms with van der Waals surface area (Å²) in [6.45, 7) is 1.15. The first kappa shape index (κ1) is 12.1. The van der Waals surface area contributed by atoms with Gasteiger partial charge in [0, 0.05) is 6.92 Å². The van der Waals surface area contributed by atoms with E-state index in [-0.39, 0.29) is 0 Å². The van der Waals surface area contributed by atoms with Crippen LogP contribution in [0.1, 0.15) is 22.8 Å². The first-order chi connectivity index (χ1) is 7.54. The molecule has 0 bridgehead atoms. The molecule has 0 atom stereocenters. The lowest BCUT2D eigenvalue weighted by atomic mass is 10.1. The molecule has 16 heavy (non-hydrogen) atoms. The molecule has 1 aromatic carbocycles. The summed E-state index contributed by atoms with van der Waals surface area (Å²) in [4.78, 5) is 21.7. The second-order valence-corrected chi connectivity index (χ2v) is 3.16. The van der Waals surface area contributed by atoms with E-state index in [2.05, 4.69) is 4.74 Å². The van der Waals surface area contributed by atoms with Crippen molar-refractivity contribution in [1.29, 1.82) is 0 Å². The van der Waals surface area contributed by atoms with Gasteiger partial charge in [0.25, 0.3) is 0 Å². The maximum atomic E-state index is 13.0. The van der Waals surface area contributed by atoms with Gasteiger partial charge in [-0.15, -0.1) is 0 Å². The van der Waals surface area contributed by atoms with Gasteiger partial charge >= 0.3 is 5.97 Å². The molecule has 1 aromatic rings. The van der Waals surface area contributed by atoms with E-state index in [0.717, 1.165) is 13.0 Å². The first-order valence-corrected chi connectivity index (χ1v) is 4.61. The Morgan fingerprint density at radius 1 is 1.25 bits per heavy atom. The minimum Gasteiger partial charge on any atom is -0.465 e. The van der Waals surface area contributed by atoms with E-state index < -0.39 is 17.6 Å². The molecule has 0 unspecified atom stereocenters. The van der Waals surface area contributed by atoms with Crippen LogP contribution in [0.5, 0.6) is 0 Å². The van der Waals surface area contributed by atoms with E-state index in [1.54, 1.807) is 0 Å². The molecule has 0 saturated heterocycles. The molecular formula is C12H11FO3. The molecule has 0 fully saturated rings. The van der Waals surface area contributed by atoms with Crippen molar-refractivity contribution in [2.75, 3.05) is 7.11 Å². The molecule has 0 saturated carbocycles. The van der Waals surface area contributed by atoms with Crippen molar-refractivity contribution in [3.05, 3.63) is 41.2 Å². The summed E-state index contributed by atoms with van der Waals surface area (Å²) in [6, 6.07) is 6.08. The summed E-state index contributed by atoms with van der Waals surface area (Å²) < 4.78 is 17.5. The number of esters is 1. The van der Waals surface area contributed by atoms with Gasteiger partial charge in [-0.05, 0) is 23.8 Å². The van der Waals surface area contributed by atoms with Crippen LogP contribution >= 0.6 is 0 Å². The van der Waals surface area contributed by atoms with Crippen molar-refractivity contribution < 1.29 is 18.7 Å². The van der Waals surface area contributed by atoms with E-state index >= 15 is 0 Å². The number of carbonyl (C=O) groups excluding carboxylic acids is 2. The number of hydrogen-bond donors (Lipinski definition) is 0. The second-order valence-electron chi connectivity index (χ2n) is 3.16. The van der Waals surface area contributed by atoms with Crippen molar-refractivity contribution in [3.8, 4) is 0 Å². The van der Waals surface area contributed by atoms with Gasteiger partial charge in [-0.25, -0.2) is 9.18 Å². The number of hydrogen-bond acceptors (Lipinski definition) is 3. The second kappa shape index (κ2) is 5.21. The van der Waals surface area contributed by atoms with Crippen molar-refractivity contribution in [2.24, 2.45) is 0 Å². The van der Waals surface area contributed by atoms with Crippen LogP contribution in [-0.2, 0) is 9.53 Å². The van der Waals surface area contributed by atoms with Crippen LogP contribution in [0.2, 0.25) is 0 Å². The molecule has 0 aromatic heterocycles. The predicted molar refractivity (Wildman–Crippen MR) is 57.5 cm³/mol. The maximum absolute atomic E-state index is 13.0. The zero-order chi connectivity index (χ0) is 12.1. The normalized spacial score (nSPS) is 11.1. The Hall–Kier alpha value is -1.97. The Morgan fingerprint density at radius 2 is 1.81 bits per heavy atom. The Labute approximate surface area is 92.5 Å². The minimum atomic E-state index is -0.814. The fourth-order valence-corrected chi connectivity index (χ4v) is 1.08. The van der Waals surface area contributed by atoms with Gasteiger partial charge in [-0.2, -0.15) is 0 Å². The third-order valence-electron chi connectivity index (χ3n) is 1.96. The number of halogens is 1. The zero-order valence-electron chi connectivity index (χ0n) is 8.99. The molecule has 1 rings (SSSR count). The molecule has 0 N–H and O–H groups in total. The highest BCUT2D eigenvalue weighted by Gasteiger charge is 2.05. The van der Waals surface area contributed by atoms with Gasteiger partial charge in [0.05, 0.1) is 12.7 Å². The predicted octanol–water partition coefficient (Wildman–Crippen LogP) is 2.37.